The van der Waals surface area contributed by atoms with Gasteiger partial charge < -0.3 is 4.90 Å². The molecule has 0 unspecified atom stereocenters. The third kappa shape index (κ3) is 3.23. The zero-order chi connectivity index (χ0) is 18.3. The van der Waals surface area contributed by atoms with Crippen LogP contribution in [-0.2, 0) is 4.79 Å². The summed E-state index contributed by atoms with van der Waals surface area (Å²) in [7, 11) is 1.73. The maximum Gasteiger partial charge on any atom is 0.265 e. The molecule has 3 heterocycles. The highest BCUT2D eigenvalue weighted by Crippen LogP contribution is 2.34. The Morgan fingerprint density at radius 2 is 1.96 bits per heavy atom. The minimum absolute atomic E-state index is 0.0334. The number of carbonyl (C=O) groups is 1. The summed E-state index contributed by atoms with van der Waals surface area (Å²) in [4.78, 5) is 22.0. The molecule has 0 saturated carbocycles. The first kappa shape index (κ1) is 17.5. The van der Waals surface area contributed by atoms with Gasteiger partial charge in [-0.25, -0.2) is 4.98 Å². The maximum absolute atomic E-state index is 12.4. The van der Waals surface area contributed by atoms with E-state index >= 15 is 0 Å². The van der Waals surface area contributed by atoms with Crippen molar-refractivity contribution in [1.82, 2.24) is 9.88 Å². The van der Waals surface area contributed by atoms with Crippen LogP contribution < -0.4 is 4.90 Å². The zero-order valence-electron chi connectivity index (χ0n) is 15.0. The number of benzene rings is 1. The molecule has 1 aromatic heterocycles. The molecule has 4 nitrogen and oxygen atoms in total. The zero-order valence-corrected chi connectivity index (χ0v) is 16.6. The summed E-state index contributed by atoms with van der Waals surface area (Å²) in [5.74, 6) is 0.941. The largest absolute Gasteiger partial charge is 0.356 e. The van der Waals surface area contributed by atoms with Crippen LogP contribution in [0.1, 0.15) is 30.4 Å². The van der Waals surface area contributed by atoms with Crippen LogP contribution in [0, 0.1) is 6.92 Å². The van der Waals surface area contributed by atoms with Gasteiger partial charge in [0.2, 0.25) is 0 Å². The van der Waals surface area contributed by atoms with Gasteiger partial charge in [-0.2, -0.15) is 0 Å². The van der Waals surface area contributed by atoms with Crippen molar-refractivity contribution in [3.8, 4) is 0 Å². The number of nitrogens with zero attached hydrogens (tertiary/aromatic N) is 3. The van der Waals surface area contributed by atoms with Gasteiger partial charge >= 0.3 is 0 Å². The number of hydrogen-bond donors (Lipinski definition) is 0. The molecule has 0 radical (unpaired) electrons. The van der Waals surface area contributed by atoms with Crippen molar-refractivity contribution in [2.45, 2.75) is 26.2 Å². The number of aromatic nitrogens is 1. The van der Waals surface area contributed by atoms with E-state index < -0.39 is 0 Å². The molecule has 6 heteroatoms. The molecule has 0 bridgehead atoms. The van der Waals surface area contributed by atoms with E-state index in [1.807, 2.05) is 6.08 Å². The molecule has 0 spiro atoms. The van der Waals surface area contributed by atoms with Crippen LogP contribution >= 0.6 is 24.0 Å². The first-order valence-electron chi connectivity index (χ1n) is 8.91. The van der Waals surface area contributed by atoms with Gasteiger partial charge in [0, 0.05) is 31.1 Å². The standard InChI is InChI=1S/C20H21N3OS2/c1-13-6-7-16-14(10-13)11-15(12-17-19(24)22(2)20(25)26-17)18(21-16)23-8-4-3-5-9-23/h6-7,10-12H,3-5,8-9H2,1-2H3/b17-12+. The van der Waals surface area contributed by atoms with E-state index in [2.05, 4.69) is 36.1 Å². The lowest BCUT2D eigenvalue weighted by molar-refractivity contribution is -0.121. The van der Waals surface area contributed by atoms with E-state index in [0.717, 1.165) is 35.4 Å². The molecule has 1 aromatic carbocycles. The number of rotatable bonds is 2. The van der Waals surface area contributed by atoms with Crippen LogP contribution in [0.25, 0.3) is 17.0 Å². The van der Waals surface area contributed by atoms with Crippen molar-refractivity contribution in [3.63, 3.8) is 0 Å². The van der Waals surface area contributed by atoms with Gasteiger partial charge in [0.25, 0.3) is 5.91 Å². The summed E-state index contributed by atoms with van der Waals surface area (Å²) < 4.78 is 0.602. The number of thioether (sulfide) groups is 1. The Kier molecular flexibility index (Phi) is 4.71. The first-order chi connectivity index (χ1) is 12.5. The molecule has 4 rings (SSSR count). The normalized spacial score (nSPS) is 19.8. The lowest BCUT2D eigenvalue weighted by atomic mass is 10.1. The molecule has 0 aliphatic carbocycles. The van der Waals surface area contributed by atoms with Crippen LogP contribution in [0.4, 0.5) is 5.82 Å². The molecule has 134 valence electrons. The number of piperidine rings is 1. The second-order valence-electron chi connectivity index (χ2n) is 6.89. The highest BCUT2D eigenvalue weighted by molar-refractivity contribution is 8.26. The fourth-order valence-corrected chi connectivity index (χ4v) is 4.62. The second-order valence-corrected chi connectivity index (χ2v) is 8.56. The molecule has 2 aliphatic rings. The van der Waals surface area contributed by atoms with Crippen LogP contribution in [0.2, 0.25) is 0 Å². The van der Waals surface area contributed by atoms with Crippen molar-refractivity contribution < 1.29 is 4.79 Å². The topological polar surface area (TPSA) is 36.4 Å². The van der Waals surface area contributed by atoms with Crippen molar-refractivity contribution in [2.75, 3.05) is 25.0 Å². The first-order valence-corrected chi connectivity index (χ1v) is 10.1. The van der Waals surface area contributed by atoms with Crippen LogP contribution in [0.5, 0.6) is 0 Å². The smallest absolute Gasteiger partial charge is 0.265 e. The number of fused-ring (bicyclic) bond motifs is 1. The molecule has 0 atom stereocenters. The Balaban J connectivity index is 1.85. The number of thiocarbonyl (C=S) groups is 1. The molecule has 2 saturated heterocycles. The third-order valence-electron chi connectivity index (χ3n) is 4.91. The molecule has 1 amide bonds. The summed E-state index contributed by atoms with van der Waals surface area (Å²) in [6.45, 7) is 4.11. The Labute approximate surface area is 163 Å². The van der Waals surface area contributed by atoms with Crippen molar-refractivity contribution in [2.24, 2.45) is 0 Å². The number of pyridine rings is 1. The van der Waals surface area contributed by atoms with Crippen molar-refractivity contribution in [3.05, 3.63) is 40.3 Å². The Bertz CT molecular complexity index is 932. The molecular weight excluding hydrogens is 362 g/mol. The average Bonchev–Trinajstić information content (AvgIpc) is 2.88. The van der Waals surface area contributed by atoms with Gasteiger partial charge in [0.05, 0.1) is 10.4 Å². The summed E-state index contributed by atoms with van der Waals surface area (Å²) in [5, 5.41) is 1.10. The number of aryl methyl sites for hydroxylation is 1. The lowest BCUT2D eigenvalue weighted by Crippen LogP contribution is -2.30. The Morgan fingerprint density at radius 1 is 1.19 bits per heavy atom. The minimum atomic E-state index is -0.0334. The fraction of sp³-hybridized carbons (Fsp3) is 0.350. The van der Waals surface area contributed by atoms with Gasteiger partial charge in [-0.3, -0.25) is 9.69 Å². The van der Waals surface area contributed by atoms with Crippen LogP contribution in [-0.4, -0.2) is 40.2 Å². The number of anilines is 1. The van der Waals surface area contributed by atoms with Gasteiger partial charge in [0.1, 0.15) is 10.1 Å². The summed E-state index contributed by atoms with van der Waals surface area (Å²) in [6.07, 6.45) is 5.60. The second kappa shape index (κ2) is 7.00. The number of likely N-dealkylation sites (N-methyl/N-ethyl adjacent to an activating group) is 1. The number of amides is 1. The fourth-order valence-electron chi connectivity index (χ4n) is 3.45. The number of hydrogen-bond acceptors (Lipinski definition) is 5. The van der Waals surface area contributed by atoms with E-state index in [1.54, 1.807) is 7.05 Å². The van der Waals surface area contributed by atoms with E-state index in [1.165, 1.54) is 41.5 Å². The molecule has 2 aromatic rings. The van der Waals surface area contributed by atoms with Gasteiger partial charge in [-0.1, -0.05) is 35.6 Å². The minimum Gasteiger partial charge on any atom is -0.356 e. The Morgan fingerprint density at radius 3 is 2.65 bits per heavy atom. The van der Waals surface area contributed by atoms with Crippen LogP contribution in [0.3, 0.4) is 0 Å². The van der Waals surface area contributed by atoms with E-state index in [-0.39, 0.29) is 5.91 Å². The molecular formula is C20H21N3OS2. The molecule has 2 aliphatic heterocycles. The molecule has 2 fully saturated rings. The quantitative estimate of drug-likeness (QED) is 0.569. The van der Waals surface area contributed by atoms with E-state index in [0.29, 0.717) is 9.23 Å². The monoisotopic (exact) mass is 383 g/mol. The lowest BCUT2D eigenvalue weighted by Gasteiger charge is -2.29. The predicted octanol–water partition coefficient (Wildman–Crippen LogP) is 4.36. The maximum atomic E-state index is 12.4. The van der Waals surface area contributed by atoms with Crippen molar-refractivity contribution in [1.29, 1.82) is 0 Å². The molecule has 26 heavy (non-hydrogen) atoms. The summed E-state index contributed by atoms with van der Waals surface area (Å²) >= 11 is 6.63. The molecule has 0 N–H and O–H groups in total. The summed E-state index contributed by atoms with van der Waals surface area (Å²) in [6, 6.07) is 8.47. The van der Waals surface area contributed by atoms with Crippen LogP contribution in [0.15, 0.2) is 29.2 Å². The Hall–Kier alpha value is -1.92. The average molecular weight is 384 g/mol. The number of carbonyl (C=O) groups excluding carboxylic acids is 1. The van der Waals surface area contributed by atoms with Gasteiger partial charge in [-0.15, -0.1) is 0 Å². The van der Waals surface area contributed by atoms with E-state index in [4.69, 9.17) is 17.2 Å². The van der Waals surface area contributed by atoms with Gasteiger partial charge in [-0.05, 0) is 50.5 Å². The SMILES string of the molecule is Cc1ccc2nc(N3CCCCC3)c(/C=C3/SC(=S)N(C)C3=O)cc2c1. The van der Waals surface area contributed by atoms with E-state index in [9.17, 15) is 4.79 Å². The summed E-state index contributed by atoms with van der Waals surface area (Å²) in [5.41, 5.74) is 3.20. The third-order valence-corrected chi connectivity index (χ3v) is 6.39. The van der Waals surface area contributed by atoms with Gasteiger partial charge in [0.15, 0.2) is 0 Å². The highest BCUT2D eigenvalue weighted by Gasteiger charge is 2.29. The van der Waals surface area contributed by atoms with Crippen molar-refractivity contribution >= 4 is 57.0 Å². The highest BCUT2D eigenvalue weighted by atomic mass is 32.2. The predicted molar refractivity (Wildman–Crippen MR) is 113 cm³/mol.